The van der Waals surface area contributed by atoms with Crippen molar-refractivity contribution in [2.24, 2.45) is 0 Å². The molecule has 1 fully saturated rings. The van der Waals surface area contributed by atoms with Crippen LogP contribution in [0.4, 0.5) is 0 Å². The van der Waals surface area contributed by atoms with Crippen molar-refractivity contribution < 1.29 is 58.2 Å². The molecule has 0 saturated carbocycles. The zero-order chi connectivity index (χ0) is 56.1. The van der Waals surface area contributed by atoms with Crippen molar-refractivity contribution in [1.82, 2.24) is 0 Å². The Balaban J connectivity index is 2.79. The lowest BCUT2D eigenvalue weighted by atomic mass is 9.98. The van der Waals surface area contributed by atoms with E-state index in [1.54, 1.807) is 6.08 Å². The fourth-order valence-corrected chi connectivity index (χ4v) is 7.82. The molecule has 1 aliphatic heterocycles. The van der Waals surface area contributed by atoms with Gasteiger partial charge in [-0.3, -0.25) is 14.4 Å². The number of aliphatic hydroxyl groups is 2. The van der Waals surface area contributed by atoms with Crippen LogP contribution in [-0.2, 0) is 42.9 Å². The zero-order valence-electron chi connectivity index (χ0n) is 47.4. The number of unbranched alkanes of at least 4 members (excludes halogenated alkanes) is 12. The molecule has 77 heavy (non-hydrogen) atoms. The largest absolute Gasteiger partial charge is 0.479 e. The van der Waals surface area contributed by atoms with E-state index in [2.05, 4.69) is 130 Å². The monoisotopic (exact) mass is 1070 g/mol. The van der Waals surface area contributed by atoms with Gasteiger partial charge in [-0.25, -0.2) is 4.79 Å². The Morgan fingerprint density at radius 3 is 1.34 bits per heavy atom. The average molecular weight is 1070 g/mol. The molecule has 3 N–H and O–H groups in total. The van der Waals surface area contributed by atoms with Gasteiger partial charge < -0.3 is 39.0 Å². The van der Waals surface area contributed by atoms with Gasteiger partial charge >= 0.3 is 23.9 Å². The van der Waals surface area contributed by atoms with E-state index in [0.717, 1.165) is 109 Å². The highest BCUT2D eigenvalue weighted by atomic mass is 16.7. The normalized spacial score (nSPS) is 19.0. The third-order valence-corrected chi connectivity index (χ3v) is 12.2. The summed E-state index contributed by atoms with van der Waals surface area (Å²) in [6.07, 6.45) is 60.2. The first-order valence-corrected chi connectivity index (χ1v) is 29.2. The molecule has 0 aromatic heterocycles. The second-order valence-electron chi connectivity index (χ2n) is 19.2. The molecule has 1 rings (SSSR count). The molecular formula is C65H100O12. The van der Waals surface area contributed by atoms with E-state index in [1.807, 2.05) is 18.2 Å². The number of rotatable bonds is 47. The molecule has 1 saturated heterocycles. The van der Waals surface area contributed by atoms with Crippen molar-refractivity contribution in [3.63, 3.8) is 0 Å². The number of aliphatic hydroxyl groups excluding tert-OH is 2. The van der Waals surface area contributed by atoms with Gasteiger partial charge in [0.2, 0.25) is 0 Å². The number of hydrogen-bond donors (Lipinski definition) is 3. The van der Waals surface area contributed by atoms with Gasteiger partial charge in [0, 0.05) is 12.8 Å². The van der Waals surface area contributed by atoms with Crippen LogP contribution in [-0.4, -0.2) is 89.2 Å². The van der Waals surface area contributed by atoms with Crippen LogP contribution >= 0.6 is 0 Å². The third kappa shape index (κ3) is 41.6. The van der Waals surface area contributed by atoms with E-state index < -0.39 is 67.3 Å². The van der Waals surface area contributed by atoms with Crippen LogP contribution in [0.1, 0.15) is 201 Å². The van der Waals surface area contributed by atoms with E-state index in [-0.39, 0.29) is 25.9 Å². The highest BCUT2D eigenvalue weighted by Crippen LogP contribution is 2.26. The first-order chi connectivity index (χ1) is 37.6. The molecule has 0 aliphatic carbocycles. The summed E-state index contributed by atoms with van der Waals surface area (Å²) in [5.41, 5.74) is 0. The molecule has 432 valence electrons. The van der Waals surface area contributed by atoms with Gasteiger partial charge in [-0.2, -0.15) is 0 Å². The maximum atomic E-state index is 13.1. The molecule has 0 spiro atoms. The van der Waals surface area contributed by atoms with E-state index in [9.17, 15) is 34.5 Å². The number of carbonyl (C=O) groups is 4. The molecule has 1 aliphatic rings. The van der Waals surface area contributed by atoms with Crippen molar-refractivity contribution in [3.8, 4) is 0 Å². The molecule has 12 nitrogen and oxygen atoms in total. The Morgan fingerprint density at radius 1 is 0.455 bits per heavy atom. The smallest absolute Gasteiger partial charge is 0.335 e. The van der Waals surface area contributed by atoms with Crippen molar-refractivity contribution in [2.45, 2.75) is 237 Å². The van der Waals surface area contributed by atoms with Gasteiger partial charge in [0.05, 0.1) is 13.0 Å². The third-order valence-electron chi connectivity index (χ3n) is 12.2. The first kappa shape index (κ1) is 69.9. The lowest BCUT2D eigenvalue weighted by Crippen LogP contribution is -2.61. The van der Waals surface area contributed by atoms with Gasteiger partial charge in [-0.1, -0.05) is 199 Å². The Kier molecular flexibility index (Phi) is 46.8. The van der Waals surface area contributed by atoms with E-state index >= 15 is 0 Å². The fraction of sp³-hybridized carbons (Fsp3) is 0.600. The van der Waals surface area contributed by atoms with Gasteiger partial charge in [0.1, 0.15) is 18.8 Å². The van der Waals surface area contributed by atoms with E-state index in [0.29, 0.717) is 25.7 Å². The molecule has 12 heteroatoms. The fourth-order valence-electron chi connectivity index (χ4n) is 7.82. The Bertz CT molecular complexity index is 1850. The van der Waals surface area contributed by atoms with E-state index in [4.69, 9.17) is 23.7 Å². The van der Waals surface area contributed by atoms with Crippen molar-refractivity contribution in [2.75, 3.05) is 13.2 Å². The lowest BCUT2D eigenvalue weighted by Gasteiger charge is -2.40. The summed E-state index contributed by atoms with van der Waals surface area (Å²) >= 11 is 0. The zero-order valence-corrected chi connectivity index (χ0v) is 47.4. The second kappa shape index (κ2) is 51.6. The number of ether oxygens (including phenoxy) is 5. The SMILES string of the molecule is CC/C=C\C/C=C\C/C=C\C/C=C\C/C=C\CC(=O)OC(COC(=O)CCCCCCCCC/C=C\C/C=C\CCCCC)COC1OC(C(=O)O)C(O)C(O)C1OC(=O)CCCC/C=C\C/C=C\C/C=C\C/C=C\CC. The van der Waals surface area contributed by atoms with Crippen LogP contribution in [0.15, 0.2) is 134 Å². The predicted octanol–water partition coefficient (Wildman–Crippen LogP) is 15.0. The van der Waals surface area contributed by atoms with Crippen LogP contribution in [0, 0.1) is 0 Å². The number of carboxylic acids is 1. The number of carboxylic acid groups (broad SMARTS) is 1. The molecule has 0 bridgehead atoms. The van der Waals surface area contributed by atoms with Crippen LogP contribution in [0.2, 0.25) is 0 Å². The number of esters is 3. The van der Waals surface area contributed by atoms with Crippen molar-refractivity contribution >= 4 is 23.9 Å². The summed E-state index contributed by atoms with van der Waals surface area (Å²) < 4.78 is 28.2. The Labute approximate surface area is 464 Å². The lowest BCUT2D eigenvalue weighted by molar-refractivity contribution is -0.301. The van der Waals surface area contributed by atoms with Gasteiger partial charge in [0.15, 0.2) is 24.6 Å². The summed E-state index contributed by atoms with van der Waals surface area (Å²) in [4.78, 5) is 51.0. The van der Waals surface area contributed by atoms with Crippen LogP contribution < -0.4 is 0 Å². The highest BCUT2D eigenvalue weighted by Gasteiger charge is 2.50. The summed E-state index contributed by atoms with van der Waals surface area (Å²) in [7, 11) is 0. The summed E-state index contributed by atoms with van der Waals surface area (Å²) in [6.45, 7) is 5.61. The Morgan fingerprint density at radius 2 is 0.857 bits per heavy atom. The molecule has 6 atom stereocenters. The highest BCUT2D eigenvalue weighted by molar-refractivity contribution is 5.74. The molecule has 0 amide bonds. The number of hydrogen-bond acceptors (Lipinski definition) is 11. The molecule has 1 heterocycles. The minimum Gasteiger partial charge on any atom is -0.479 e. The average Bonchev–Trinajstić information content (AvgIpc) is 3.43. The molecule has 6 unspecified atom stereocenters. The van der Waals surface area contributed by atoms with E-state index in [1.165, 1.54) is 25.7 Å². The van der Waals surface area contributed by atoms with Crippen LogP contribution in [0.3, 0.4) is 0 Å². The number of allylic oxidation sites excluding steroid dienone is 21. The molecule has 0 aromatic rings. The van der Waals surface area contributed by atoms with Crippen molar-refractivity contribution in [3.05, 3.63) is 134 Å². The van der Waals surface area contributed by atoms with Crippen molar-refractivity contribution in [1.29, 1.82) is 0 Å². The van der Waals surface area contributed by atoms with Crippen LogP contribution in [0.5, 0.6) is 0 Å². The molecule has 0 aromatic carbocycles. The minimum absolute atomic E-state index is 0.0104. The maximum absolute atomic E-state index is 13.1. The number of carbonyl (C=O) groups excluding carboxylic acids is 3. The standard InChI is InChI=1S/C65H100O12/c1-4-7-10-13-16-19-22-25-28-29-32-33-36-39-42-45-48-51-57(66)73-54-56(75-58(67)52-49-46-43-40-37-34-30-26-23-20-17-14-11-8-5-2)55-74-65-63(61(70)60(69)62(77-65)64(71)72)76-59(68)53-50-47-44-41-38-35-31-27-24-21-18-15-12-9-6-3/h8-9,11-12,16-21,25-28,30-31,37-38,40-41,46,49,56,60-63,65,69-70H,4-7,10,13-15,22-24,29,32-36,39,42-45,47-48,50-55H2,1-3H3,(H,71,72)/b11-8-,12-9-,19-16-,20-17-,21-18-,28-25-,30-26-,31-27-,40-37-,41-38-,49-46-. The molecular weight excluding hydrogens is 973 g/mol. The van der Waals surface area contributed by atoms with Crippen LogP contribution in [0.25, 0.3) is 0 Å². The van der Waals surface area contributed by atoms with Gasteiger partial charge in [0.25, 0.3) is 0 Å². The minimum atomic E-state index is -1.94. The first-order valence-electron chi connectivity index (χ1n) is 29.2. The predicted molar refractivity (Wildman–Crippen MR) is 312 cm³/mol. The quantitative estimate of drug-likeness (QED) is 0.0228. The summed E-state index contributed by atoms with van der Waals surface area (Å²) in [5.74, 6) is -3.38. The summed E-state index contributed by atoms with van der Waals surface area (Å²) in [5, 5.41) is 31.4. The van der Waals surface area contributed by atoms with Gasteiger partial charge in [-0.05, 0) is 116 Å². The summed E-state index contributed by atoms with van der Waals surface area (Å²) in [6, 6.07) is 0. The second-order valence-corrected chi connectivity index (χ2v) is 19.2. The maximum Gasteiger partial charge on any atom is 0.335 e. The number of aliphatic carboxylic acids is 1. The topological polar surface area (TPSA) is 175 Å². The Hall–Kier alpha value is -5.14. The van der Waals surface area contributed by atoms with Gasteiger partial charge in [-0.15, -0.1) is 0 Å². The molecule has 0 radical (unpaired) electrons.